The second kappa shape index (κ2) is 4.68. The van der Waals surface area contributed by atoms with Gasteiger partial charge in [-0.3, -0.25) is 0 Å². The highest BCUT2D eigenvalue weighted by molar-refractivity contribution is 6.14. The van der Waals surface area contributed by atoms with Crippen molar-refractivity contribution in [2.45, 2.75) is 25.3 Å². The summed E-state index contributed by atoms with van der Waals surface area (Å²) in [6.45, 7) is 4.65. The molecule has 0 aliphatic heterocycles. The average Bonchev–Trinajstić information content (AvgIpc) is 1.85. The molecule has 0 aromatic heterocycles. The Morgan fingerprint density at radius 2 is 1.67 bits per heavy atom. The van der Waals surface area contributed by atoms with Gasteiger partial charge in [-0.25, -0.2) is 0 Å². The first-order valence-electron chi connectivity index (χ1n) is 4.12. The van der Waals surface area contributed by atoms with Gasteiger partial charge < -0.3 is 0 Å². The molecule has 68 valence electrons. The molecule has 2 heteroatoms. The first-order valence-corrected chi connectivity index (χ1v) is 5.12. The van der Waals surface area contributed by atoms with Crippen LogP contribution in [-0.4, -0.2) is 10.2 Å². The molecule has 1 aromatic rings. The van der Waals surface area contributed by atoms with Gasteiger partial charge in [0.1, 0.15) is 0 Å². The summed E-state index contributed by atoms with van der Waals surface area (Å²) in [6.07, 6.45) is 1.22. The van der Waals surface area contributed by atoms with Gasteiger partial charge in [0.25, 0.3) is 0 Å². The van der Waals surface area contributed by atoms with Crippen molar-refractivity contribution in [3.63, 3.8) is 0 Å². The normalized spacial score (nSPS) is 10.8. The maximum atomic E-state index is 2.33. The minimum Gasteiger partial charge on any atom is -0.147 e. The van der Waals surface area contributed by atoms with E-state index in [1.807, 2.05) is 0 Å². The van der Waals surface area contributed by atoms with Gasteiger partial charge in [0.2, 0.25) is 0 Å². The summed E-state index contributed by atoms with van der Waals surface area (Å²) in [7, 11) is 1.26. The Labute approximate surface area is 84.2 Å². The van der Waals surface area contributed by atoms with Crippen LogP contribution >= 0.6 is 12.4 Å². The predicted octanol–water partition coefficient (Wildman–Crippen LogP) is 2.21. The van der Waals surface area contributed by atoms with E-state index in [4.69, 9.17) is 0 Å². The molecule has 0 heterocycles. The van der Waals surface area contributed by atoms with E-state index in [-0.39, 0.29) is 12.4 Å². The van der Waals surface area contributed by atoms with E-state index < -0.39 is 0 Å². The van der Waals surface area contributed by atoms with Crippen LogP contribution in [0.25, 0.3) is 0 Å². The van der Waals surface area contributed by atoms with Crippen molar-refractivity contribution in [1.29, 1.82) is 0 Å². The monoisotopic (exact) mass is 200 g/mol. The largest absolute Gasteiger partial charge is 0.147 e. The lowest BCUT2D eigenvalue weighted by Gasteiger charge is -2.17. The second-order valence-corrected chi connectivity index (χ2v) is 6.93. The van der Waals surface area contributed by atoms with E-state index >= 15 is 0 Å². The van der Waals surface area contributed by atoms with Crippen molar-refractivity contribution < 1.29 is 0 Å². The van der Waals surface area contributed by atoms with E-state index in [1.54, 1.807) is 0 Å². The predicted molar refractivity (Wildman–Crippen MR) is 61.4 cm³/mol. The van der Waals surface area contributed by atoms with E-state index in [9.17, 15) is 0 Å². The minimum atomic E-state index is 0. The van der Waals surface area contributed by atoms with Crippen molar-refractivity contribution >= 4 is 22.6 Å². The van der Waals surface area contributed by atoms with Crippen molar-refractivity contribution in [2.75, 3.05) is 0 Å². The summed E-state index contributed by atoms with van der Waals surface area (Å²) < 4.78 is 0. The van der Waals surface area contributed by atoms with E-state index in [2.05, 4.69) is 44.2 Å². The van der Waals surface area contributed by atoms with Gasteiger partial charge in [0.05, 0.1) is 0 Å². The molecule has 0 fully saturated rings. The van der Waals surface area contributed by atoms with Gasteiger partial charge in [-0.1, -0.05) is 44.2 Å². The Bertz CT molecular complexity index is 213. The quantitative estimate of drug-likeness (QED) is 0.643. The number of halogens is 1. The topological polar surface area (TPSA) is 0 Å². The molecule has 0 spiro atoms. The molecule has 0 bridgehead atoms. The van der Waals surface area contributed by atoms with Crippen LogP contribution in [0.5, 0.6) is 0 Å². The van der Waals surface area contributed by atoms with Gasteiger partial charge in [0.15, 0.2) is 0 Å². The molecule has 0 atom stereocenters. The molecule has 0 radical (unpaired) electrons. The molecular weight excluding hydrogens is 184 g/mol. The summed E-state index contributed by atoms with van der Waals surface area (Å²) in [5.74, 6) is 0. The number of rotatable bonds is 2. The SMILES string of the molecule is CC(C)([SiH3])Cc1ccccc1.Cl. The Hall–Kier alpha value is -0.273. The van der Waals surface area contributed by atoms with Crippen molar-refractivity contribution in [3.8, 4) is 0 Å². The summed E-state index contributed by atoms with van der Waals surface area (Å²) in [6, 6.07) is 10.7. The van der Waals surface area contributed by atoms with Crippen molar-refractivity contribution in [1.82, 2.24) is 0 Å². The Morgan fingerprint density at radius 3 is 2.08 bits per heavy atom. The molecule has 0 amide bonds. The molecule has 1 aromatic carbocycles. The molecule has 0 saturated carbocycles. The van der Waals surface area contributed by atoms with Gasteiger partial charge in [-0.05, 0) is 17.0 Å². The molecule has 0 unspecified atom stereocenters. The number of hydrogen-bond acceptors (Lipinski definition) is 0. The van der Waals surface area contributed by atoms with Crippen LogP contribution in [-0.2, 0) is 6.42 Å². The summed E-state index contributed by atoms with van der Waals surface area (Å²) in [5.41, 5.74) is 1.47. The third-order valence-corrected chi connectivity index (χ3v) is 1.93. The van der Waals surface area contributed by atoms with Crippen LogP contribution in [0.3, 0.4) is 0 Å². The zero-order valence-corrected chi connectivity index (χ0v) is 10.8. The van der Waals surface area contributed by atoms with Crippen LogP contribution < -0.4 is 0 Å². The molecule has 0 nitrogen and oxygen atoms in total. The van der Waals surface area contributed by atoms with Gasteiger partial charge in [-0.2, -0.15) is 0 Å². The van der Waals surface area contributed by atoms with Gasteiger partial charge in [-0.15, -0.1) is 12.4 Å². The van der Waals surface area contributed by atoms with E-state index in [1.165, 1.54) is 22.2 Å². The maximum absolute atomic E-state index is 2.33. The molecule has 0 aliphatic rings. The van der Waals surface area contributed by atoms with Crippen molar-refractivity contribution in [3.05, 3.63) is 35.9 Å². The highest BCUT2D eigenvalue weighted by Gasteiger charge is 2.09. The van der Waals surface area contributed by atoms with Gasteiger partial charge in [0, 0.05) is 10.2 Å². The van der Waals surface area contributed by atoms with E-state index in [0.717, 1.165) is 0 Å². The lowest BCUT2D eigenvalue weighted by Crippen LogP contribution is -2.05. The Balaban J connectivity index is 0.00000121. The first-order chi connectivity index (χ1) is 5.08. The lowest BCUT2D eigenvalue weighted by molar-refractivity contribution is 0.676. The molecule has 0 aliphatic carbocycles. The third-order valence-electron chi connectivity index (χ3n) is 1.58. The number of benzene rings is 1. The summed E-state index contributed by atoms with van der Waals surface area (Å²) in [5, 5.41) is 0.543. The molecule has 12 heavy (non-hydrogen) atoms. The standard InChI is InChI=1S/C10H16Si.ClH/c1-10(2,11)8-9-6-4-3-5-7-9;/h3-7H,8H2,1-2,11H3;1H. The van der Waals surface area contributed by atoms with E-state index in [0.29, 0.717) is 5.04 Å². The number of hydrogen-bond donors (Lipinski definition) is 0. The zero-order chi connectivity index (χ0) is 8.32. The highest BCUT2D eigenvalue weighted by Crippen LogP contribution is 2.23. The fraction of sp³-hybridized carbons (Fsp3) is 0.400. The molecular formula is C10H17ClSi. The Kier molecular flexibility index (Phi) is 4.57. The fourth-order valence-electron chi connectivity index (χ4n) is 1.21. The van der Waals surface area contributed by atoms with Crippen LogP contribution in [0.1, 0.15) is 19.4 Å². The lowest BCUT2D eigenvalue weighted by atomic mass is 10.0. The van der Waals surface area contributed by atoms with Crippen LogP contribution in [0, 0.1) is 0 Å². The molecule has 0 N–H and O–H groups in total. The van der Waals surface area contributed by atoms with Crippen molar-refractivity contribution in [2.24, 2.45) is 0 Å². The average molecular weight is 201 g/mol. The summed E-state index contributed by atoms with van der Waals surface area (Å²) >= 11 is 0. The third kappa shape index (κ3) is 4.57. The smallest absolute Gasteiger partial charge is 0.0104 e. The van der Waals surface area contributed by atoms with Gasteiger partial charge >= 0.3 is 0 Å². The second-order valence-electron chi connectivity index (χ2n) is 4.22. The highest BCUT2D eigenvalue weighted by atomic mass is 35.5. The Morgan fingerprint density at radius 1 is 1.17 bits per heavy atom. The molecule has 1 rings (SSSR count). The van der Waals surface area contributed by atoms with Crippen LogP contribution in [0.2, 0.25) is 5.04 Å². The van der Waals surface area contributed by atoms with Crippen LogP contribution in [0.15, 0.2) is 30.3 Å². The maximum Gasteiger partial charge on any atom is 0.0104 e. The summed E-state index contributed by atoms with van der Waals surface area (Å²) in [4.78, 5) is 0. The molecule has 0 saturated heterocycles. The minimum absolute atomic E-state index is 0. The zero-order valence-electron chi connectivity index (χ0n) is 8.00. The fourth-order valence-corrected chi connectivity index (χ4v) is 1.62. The first kappa shape index (κ1) is 11.7. The van der Waals surface area contributed by atoms with Crippen LogP contribution in [0.4, 0.5) is 0 Å².